The molecular weight excluding hydrogens is 354 g/mol. The summed E-state index contributed by atoms with van der Waals surface area (Å²) >= 11 is 0. The van der Waals surface area contributed by atoms with Crippen LogP contribution in [-0.2, 0) is 9.53 Å². The van der Waals surface area contributed by atoms with Gasteiger partial charge in [0.05, 0.1) is 5.69 Å². The lowest BCUT2D eigenvalue weighted by atomic mass is 9.82. The Morgan fingerprint density at radius 1 is 1.04 bits per heavy atom. The van der Waals surface area contributed by atoms with Crippen LogP contribution in [0.15, 0.2) is 42.5 Å². The number of benzene rings is 2. The molecule has 5 nitrogen and oxygen atoms in total. The van der Waals surface area contributed by atoms with Gasteiger partial charge in [-0.2, -0.15) is 0 Å². The van der Waals surface area contributed by atoms with E-state index in [0.29, 0.717) is 5.69 Å². The van der Waals surface area contributed by atoms with E-state index >= 15 is 0 Å². The summed E-state index contributed by atoms with van der Waals surface area (Å²) in [6, 6.07) is 13.1. The number of hydrogen-bond acceptors (Lipinski definition) is 3. The Labute approximate surface area is 163 Å². The predicted molar refractivity (Wildman–Crippen MR) is 106 cm³/mol. The minimum atomic E-state index is -0.949. The van der Waals surface area contributed by atoms with Gasteiger partial charge in [-0.1, -0.05) is 55.7 Å². The molecule has 2 aliphatic carbocycles. The third-order valence-electron chi connectivity index (χ3n) is 6.52. The van der Waals surface area contributed by atoms with Crippen molar-refractivity contribution in [3.05, 3.63) is 53.6 Å². The van der Waals surface area contributed by atoms with Crippen LogP contribution >= 0.6 is 0 Å². The molecule has 1 N–H and O–H groups in total. The molecule has 1 heterocycles. The van der Waals surface area contributed by atoms with Crippen LogP contribution in [0.5, 0.6) is 0 Å². The van der Waals surface area contributed by atoms with Crippen molar-refractivity contribution in [1.29, 1.82) is 0 Å². The molecule has 5 heteroatoms. The zero-order chi connectivity index (χ0) is 19.3. The highest BCUT2D eigenvalue weighted by atomic mass is 16.6. The van der Waals surface area contributed by atoms with Crippen molar-refractivity contribution in [2.24, 2.45) is 5.92 Å². The molecule has 2 aromatic carbocycles. The second-order valence-corrected chi connectivity index (χ2v) is 8.01. The van der Waals surface area contributed by atoms with E-state index in [9.17, 15) is 14.7 Å². The van der Waals surface area contributed by atoms with Crippen LogP contribution in [-0.4, -0.2) is 29.8 Å². The first-order valence-electron chi connectivity index (χ1n) is 10.1. The van der Waals surface area contributed by atoms with Crippen molar-refractivity contribution in [2.45, 2.75) is 44.1 Å². The monoisotopic (exact) mass is 377 g/mol. The Morgan fingerprint density at radius 2 is 1.79 bits per heavy atom. The number of carboxylic acid groups (broad SMARTS) is 1. The number of carbonyl (C=O) groups is 2. The summed E-state index contributed by atoms with van der Waals surface area (Å²) in [5.74, 6) is -1.04. The molecule has 2 aromatic rings. The number of rotatable bonds is 3. The van der Waals surface area contributed by atoms with Crippen molar-refractivity contribution >= 4 is 17.7 Å². The van der Waals surface area contributed by atoms with Gasteiger partial charge in [-0.15, -0.1) is 0 Å². The molecule has 1 unspecified atom stereocenters. The number of carbonyl (C=O) groups excluding carboxylic acids is 1. The lowest BCUT2D eigenvalue weighted by Crippen LogP contribution is -2.50. The number of carboxylic acids is 1. The largest absolute Gasteiger partial charge is 0.480 e. The zero-order valence-electron chi connectivity index (χ0n) is 15.6. The van der Waals surface area contributed by atoms with Crippen LogP contribution in [0.2, 0.25) is 0 Å². The SMILES string of the molecule is O=C(O)[C@H](C1CCCCC1)N1C(=O)OCC2c3ccccc3-c3cccc1c32. The van der Waals surface area contributed by atoms with Gasteiger partial charge in [0.15, 0.2) is 0 Å². The van der Waals surface area contributed by atoms with Crippen LogP contribution in [0, 0.1) is 5.92 Å². The van der Waals surface area contributed by atoms with Crippen molar-refractivity contribution in [1.82, 2.24) is 0 Å². The van der Waals surface area contributed by atoms with E-state index in [1.165, 1.54) is 4.90 Å². The van der Waals surface area contributed by atoms with Gasteiger partial charge in [0.2, 0.25) is 0 Å². The van der Waals surface area contributed by atoms with E-state index in [1.807, 2.05) is 24.3 Å². The van der Waals surface area contributed by atoms with Crippen LogP contribution in [0.25, 0.3) is 11.1 Å². The third-order valence-corrected chi connectivity index (χ3v) is 6.52. The predicted octanol–water partition coefficient (Wildman–Crippen LogP) is 4.79. The fourth-order valence-corrected chi connectivity index (χ4v) is 5.30. The van der Waals surface area contributed by atoms with Crippen molar-refractivity contribution in [2.75, 3.05) is 11.5 Å². The van der Waals surface area contributed by atoms with Crippen LogP contribution < -0.4 is 4.90 Å². The Balaban J connectivity index is 1.67. The number of amides is 1. The van der Waals surface area contributed by atoms with E-state index in [2.05, 4.69) is 18.2 Å². The number of cyclic esters (lactones) is 1. The first-order valence-corrected chi connectivity index (χ1v) is 10.1. The highest BCUT2D eigenvalue weighted by Gasteiger charge is 2.44. The lowest BCUT2D eigenvalue weighted by molar-refractivity contribution is -0.140. The van der Waals surface area contributed by atoms with Crippen molar-refractivity contribution in [3.63, 3.8) is 0 Å². The second kappa shape index (κ2) is 6.66. The molecular formula is C23H23NO4. The fraction of sp³-hybridized carbons (Fsp3) is 0.391. The molecule has 1 amide bonds. The molecule has 1 aliphatic heterocycles. The summed E-state index contributed by atoms with van der Waals surface area (Å²) in [7, 11) is 0. The smallest absolute Gasteiger partial charge is 0.415 e. The van der Waals surface area contributed by atoms with Crippen molar-refractivity contribution < 1.29 is 19.4 Å². The topological polar surface area (TPSA) is 66.8 Å². The molecule has 1 saturated carbocycles. The van der Waals surface area contributed by atoms with Crippen molar-refractivity contribution in [3.8, 4) is 11.1 Å². The van der Waals surface area contributed by atoms with E-state index in [-0.39, 0.29) is 18.4 Å². The molecule has 0 bridgehead atoms. The lowest BCUT2D eigenvalue weighted by Gasteiger charge is -2.35. The van der Waals surface area contributed by atoms with E-state index in [1.54, 1.807) is 0 Å². The quantitative estimate of drug-likeness (QED) is 0.835. The summed E-state index contributed by atoms with van der Waals surface area (Å²) in [4.78, 5) is 26.7. The molecule has 2 atom stereocenters. The first-order chi connectivity index (χ1) is 13.7. The van der Waals surface area contributed by atoms with E-state index in [4.69, 9.17) is 4.74 Å². The highest BCUT2D eigenvalue weighted by Crippen LogP contribution is 2.51. The molecule has 3 aliphatic rings. The van der Waals surface area contributed by atoms with Crippen LogP contribution in [0.3, 0.4) is 0 Å². The Kier molecular flexibility index (Phi) is 4.11. The van der Waals surface area contributed by atoms with Gasteiger partial charge < -0.3 is 9.84 Å². The van der Waals surface area contributed by atoms with Crippen LogP contribution in [0.4, 0.5) is 10.5 Å². The average Bonchev–Trinajstić information content (AvgIpc) is 2.96. The van der Waals surface area contributed by atoms with E-state index in [0.717, 1.165) is 54.4 Å². The summed E-state index contributed by atoms with van der Waals surface area (Å²) < 4.78 is 5.64. The van der Waals surface area contributed by atoms with Gasteiger partial charge in [0.25, 0.3) is 0 Å². The maximum atomic E-state index is 13.0. The first kappa shape index (κ1) is 17.3. The molecule has 0 radical (unpaired) electrons. The van der Waals surface area contributed by atoms with Gasteiger partial charge in [-0.05, 0) is 47.1 Å². The number of aliphatic carboxylic acids is 1. The summed E-state index contributed by atoms with van der Waals surface area (Å²) in [5, 5.41) is 10.1. The molecule has 5 rings (SSSR count). The summed E-state index contributed by atoms with van der Waals surface area (Å²) in [6.45, 7) is 0.243. The van der Waals surface area contributed by atoms with Gasteiger partial charge in [0, 0.05) is 5.92 Å². The summed E-state index contributed by atoms with van der Waals surface area (Å²) in [5.41, 5.74) is 5.08. The molecule has 0 aromatic heterocycles. The third kappa shape index (κ3) is 2.53. The Morgan fingerprint density at radius 3 is 2.57 bits per heavy atom. The number of nitrogens with zero attached hydrogens (tertiary/aromatic N) is 1. The molecule has 28 heavy (non-hydrogen) atoms. The van der Waals surface area contributed by atoms with Gasteiger partial charge >= 0.3 is 12.1 Å². The minimum Gasteiger partial charge on any atom is -0.480 e. The van der Waals surface area contributed by atoms with Gasteiger partial charge in [-0.25, -0.2) is 9.59 Å². The van der Waals surface area contributed by atoms with Gasteiger partial charge in [0.1, 0.15) is 12.6 Å². The standard InChI is InChI=1S/C23H23NO4/c25-22(26)21(14-7-2-1-3-8-14)24-19-12-6-11-17-15-9-4-5-10-16(15)18(20(17)19)13-28-23(24)27/h4-6,9-12,14,18,21H,1-3,7-8,13H2,(H,25,26)/t18?,21-/m0/s1. The zero-order valence-corrected chi connectivity index (χ0v) is 15.6. The second-order valence-electron chi connectivity index (χ2n) is 8.01. The average molecular weight is 377 g/mol. The Bertz CT molecular complexity index is 947. The maximum absolute atomic E-state index is 13.0. The van der Waals surface area contributed by atoms with E-state index < -0.39 is 18.1 Å². The van der Waals surface area contributed by atoms with Gasteiger partial charge in [-0.3, -0.25) is 4.90 Å². The number of ether oxygens (including phenoxy) is 1. The minimum absolute atomic E-state index is 0.0443. The normalized spacial score (nSPS) is 22.1. The Hall–Kier alpha value is -2.82. The highest BCUT2D eigenvalue weighted by molar-refractivity contribution is 5.99. The molecule has 1 fully saturated rings. The summed E-state index contributed by atoms with van der Waals surface area (Å²) in [6.07, 6.45) is 4.28. The number of hydrogen-bond donors (Lipinski definition) is 1. The maximum Gasteiger partial charge on any atom is 0.415 e. The molecule has 0 saturated heterocycles. The molecule has 0 spiro atoms. The van der Waals surface area contributed by atoms with Crippen LogP contribution in [0.1, 0.15) is 49.1 Å². The molecule has 144 valence electrons. The number of fused-ring (bicyclic) bond motifs is 3. The fourth-order valence-electron chi connectivity index (χ4n) is 5.30. The number of anilines is 1.